The predicted octanol–water partition coefficient (Wildman–Crippen LogP) is 2.38. The highest BCUT2D eigenvalue weighted by molar-refractivity contribution is 14.1. The second-order valence-corrected chi connectivity index (χ2v) is 7.71. The highest BCUT2D eigenvalue weighted by Gasteiger charge is 2.27. The molecule has 0 heterocycles. The molecule has 2 N–H and O–H groups in total. The summed E-state index contributed by atoms with van der Waals surface area (Å²) in [7, 11) is 1.24. The van der Waals surface area contributed by atoms with Crippen LogP contribution in [0.1, 0.15) is 18.1 Å². The van der Waals surface area contributed by atoms with Crippen LogP contribution < -0.4 is 10.6 Å². The molecular formula is C21H22FIN2O4. The molecule has 8 heteroatoms. The molecule has 2 aromatic carbocycles. The summed E-state index contributed by atoms with van der Waals surface area (Å²) in [5.74, 6) is -2.11. The molecule has 29 heavy (non-hydrogen) atoms. The molecule has 0 aromatic heterocycles. The van der Waals surface area contributed by atoms with Crippen LogP contribution in [0.25, 0.3) is 0 Å². The van der Waals surface area contributed by atoms with Crippen molar-refractivity contribution < 1.29 is 23.5 Å². The SMILES string of the molecule is COC(=O)[C@@H](Cc1ccc(I)cc1)NC(=O)[C@@H](Cc1ccccc1F)NC(C)=O. The first-order chi connectivity index (χ1) is 13.8. The van der Waals surface area contributed by atoms with Crippen molar-refractivity contribution in [3.8, 4) is 0 Å². The number of hydrogen-bond donors (Lipinski definition) is 2. The van der Waals surface area contributed by atoms with Crippen molar-refractivity contribution in [2.75, 3.05) is 7.11 Å². The zero-order valence-corrected chi connectivity index (χ0v) is 18.2. The van der Waals surface area contributed by atoms with Gasteiger partial charge in [-0.05, 0) is 51.9 Å². The minimum atomic E-state index is -1.03. The van der Waals surface area contributed by atoms with Crippen LogP contribution in [-0.4, -0.2) is 37.0 Å². The number of rotatable bonds is 8. The molecule has 0 unspecified atom stereocenters. The first kappa shape index (κ1) is 22.8. The van der Waals surface area contributed by atoms with Crippen molar-refractivity contribution in [1.29, 1.82) is 0 Å². The van der Waals surface area contributed by atoms with E-state index < -0.39 is 35.7 Å². The second kappa shape index (κ2) is 10.9. The molecule has 2 atom stereocenters. The summed E-state index contributed by atoms with van der Waals surface area (Å²) in [4.78, 5) is 36.6. The second-order valence-electron chi connectivity index (χ2n) is 6.46. The van der Waals surface area contributed by atoms with Crippen molar-refractivity contribution in [2.24, 2.45) is 0 Å². The number of esters is 1. The number of ether oxygens (including phenoxy) is 1. The standard InChI is InChI=1S/C21H22FIN2O4/c1-13(26)24-18(12-15-5-3-4-6-17(15)22)20(27)25-19(21(28)29-2)11-14-7-9-16(23)10-8-14/h3-10,18-19H,11-12H2,1-2H3,(H,24,26)(H,25,27)/t18-,19-/m1/s1. The first-order valence-corrected chi connectivity index (χ1v) is 10.0. The maximum Gasteiger partial charge on any atom is 0.328 e. The van der Waals surface area contributed by atoms with Crippen LogP contribution in [0.15, 0.2) is 48.5 Å². The summed E-state index contributed by atoms with van der Waals surface area (Å²) in [6.45, 7) is 1.27. The van der Waals surface area contributed by atoms with Crippen LogP contribution in [0, 0.1) is 9.39 Å². The molecule has 0 radical (unpaired) electrons. The number of carbonyl (C=O) groups is 3. The topological polar surface area (TPSA) is 84.5 Å². The molecular weight excluding hydrogens is 490 g/mol. The average Bonchev–Trinajstić information content (AvgIpc) is 2.69. The van der Waals surface area contributed by atoms with Crippen LogP contribution in [0.5, 0.6) is 0 Å². The van der Waals surface area contributed by atoms with Gasteiger partial charge in [-0.3, -0.25) is 9.59 Å². The molecule has 0 aliphatic rings. The predicted molar refractivity (Wildman–Crippen MR) is 115 cm³/mol. The Morgan fingerprint density at radius 2 is 1.66 bits per heavy atom. The molecule has 6 nitrogen and oxygen atoms in total. The smallest absolute Gasteiger partial charge is 0.328 e. The van der Waals surface area contributed by atoms with E-state index in [0.717, 1.165) is 9.13 Å². The minimum absolute atomic E-state index is 0.0461. The van der Waals surface area contributed by atoms with E-state index in [9.17, 15) is 18.8 Å². The van der Waals surface area contributed by atoms with Gasteiger partial charge in [0.1, 0.15) is 17.9 Å². The highest BCUT2D eigenvalue weighted by Crippen LogP contribution is 2.12. The van der Waals surface area contributed by atoms with Crippen molar-refractivity contribution in [3.05, 3.63) is 69.0 Å². The monoisotopic (exact) mass is 512 g/mol. The lowest BCUT2D eigenvalue weighted by Crippen LogP contribution is -2.53. The van der Waals surface area contributed by atoms with E-state index in [1.165, 1.54) is 20.1 Å². The van der Waals surface area contributed by atoms with Gasteiger partial charge in [0, 0.05) is 23.3 Å². The van der Waals surface area contributed by atoms with E-state index in [-0.39, 0.29) is 18.4 Å². The van der Waals surface area contributed by atoms with Gasteiger partial charge < -0.3 is 15.4 Å². The van der Waals surface area contributed by atoms with E-state index in [2.05, 4.69) is 33.2 Å². The Morgan fingerprint density at radius 1 is 1.00 bits per heavy atom. The Labute approximate surface area is 182 Å². The van der Waals surface area contributed by atoms with Gasteiger partial charge in [-0.25, -0.2) is 9.18 Å². The van der Waals surface area contributed by atoms with Crippen LogP contribution in [0.4, 0.5) is 4.39 Å². The Morgan fingerprint density at radius 3 is 2.24 bits per heavy atom. The summed E-state index contributed by atoms with van der Waals surface area (Å²) < 4.78 is 19.8. The quantitative estimate of drug-likeness (QED) is 0.421. The summed E-state index contributed by atoms with van der Waals surface area (Å²) in [5, 5.41) is 5.14. The van der Waals surface area contributed by atoms with Crippen molar-refractivity contribution in [1.82, 2.24) is 10.6 Å². The van der Waals surface area contributed by atoms with Gasteiger partial charge in [-0.2, -0.15) is 0 Å². The molecule has 0 fully saturated rings. The van der Waals surface area contributed by atoms with Crippen molar-refractivity contribution in [2.45, 2.75) is 31.8 Å². The Kier molecular flexibility index (Phi) is 8.56. The lowest BCUT2D eigenvalue weighted by Gasteiger charge is -2.22. The zero-order chi connectivity index (χ0) is 21.4. The molecule has 0 saturated heterocycles. The lowest BCUT2D eigenvalue weighted by atomic mass is 10.0. The van der Waals surface area contributed by atoms with Crippen LogP contribution in [-0.2, 0) is 32.0 Å². The fourth-order valence-corrected chi connectivity index (χ4v) is 3.16. The molecule has 0 aliphatic carbocycles. The Bertz CT molecular complexity index is 873. The van der Waals surface area contributed by atoms with Crippen LogP contribution in [0.2, 0.25) is 0 Å². The normalized spacial score (nSPS) is 12.6. The number of hydrogen-bond acceptors (Lipinski definition) is 4. The van der Waals surface area contributed by atoms with Gasteiger partial charge in [-0.15, -0.1) is 0 Å². The van der Waals surface area contributed by atoms with E-state index in [1.54, 1.807) is 18.2 Å². The van der Waals surface area contributed by atoms with Gasteiger partial charge in [0.25, 0.3) is 0 Å². The fraction of sp³-hybridized carbons (Fsp3) is 0.286. The fourth-order valence-electron chi connectivity index (χ4n) is 2.80. The molecule has 0 spiro atoms. The molecule has 0 aliphatic heterocycles. The lowest BCUT2D eigenvalue weighted by molar-refractivity contribution is -0.145. The summed E-state index contributed by atoms with van der Waals surface area (Å²) >= 11 is 2.17. The van der Waals surface area contributed by atoms with Crippen LogP contribution >= 0.6 is 22.6 Å². The molecule has 0 saturated carbocycles. The third kappa shape index (κ3) is 7.12. The Hall–Kier alpha value is -2.49. The molecule has 2 amide bonds. The molecule has 2 rings (SSSR count). The third-order valence-corrected chi connectivity index (χ3v) is 4.95. The average molecular weight is 512 g/mol. The van der Waals surface area contributed by atoms with Crippen molar-refractivity contribution >= 4 is 40.4 Å². The molecule has 0 bridgehead atoms. The maximum atomic E-state index is 14.0. The van der Waals surface area contributed by atoms with E-state index in [4.69, 9.17) is 4.74 Å². The first-order valence-electron chi connectivity index (χ1n) is 8.93. The van der Waals surface area contributed by atoms with Crippen molar-refractivity contribution in [3.63, 3.8) is 0 Å². The summed E-state index contributed by atoms with van der Waals surface area (Å²) in [5.41, 5.74) is 1.12. The minimum Gasteiger partial charge on any atom is -0.467 e. The summed E-state index contributed by atoms with van der Waals surface area (Å²) in [6, 6.07) is 11.5. The van der Waals surface area contributed by atoms with Crippen LogP contribution in [0.3, 0.4) is 0 Å². The van der Waals surface area contributed by atoms with E-state index in [0.29, 0.717) is 0 Å². The van der Waals surface area contributed by atoms with E-state index >= 15 is 0 Å². The zero-order valence-electron chi connectivity index (χ0n) is 16.1. The maximum absolute atomic E-state index is 14.0. The number of nitrogens with one attached hydrogen (secondary N) is 2. The highest BCUT2D eigenvalue weighted by atomic mass is 127. The number of benzene rings is 2. The van der Waals surface area contributed by atoms with Gasteiger partial charge >= 0.3 is 5.97 Å². The largest absolute Gasteiger partial charge is 0.467 e. The number of halogens is 2. The molecule has 2 aromatic rings. The van der Waals surface area contributed by atoms with Gasteiger partial charge in [-0.1, -0.05) is 30.3 Å². The third-order valence-electron chi connectivity index (χ3n) is 4.23. The Balaban J connectivity index is 2.17. The van der Waals surface area contributed by atoms with Gasteiger partial charge in [0.15, 0.2) is 0 Å². The van der Waals surface area contributed by atoms with Gasteiger partial charge in [0.05, 0.1) is 7.11 Å². The number of amides is 2. The van der Waals surface area contributed by atoms with E-state index in [1.807, 2.05) is 24.3 Å². The number of carbonyl (C=O) groups excluding carboxylic acids is 3. The molecule has 154 valence electrons. The summed E-state index contributed by atoms with van der Waals surface area (Å²) in [6.07, 6.45) is 0.178. The van der Waals surface area contributed by atoms with Gasteiger partial charge in [0.2, 0.25) is 11.8 Å². The number of methoxy groups -OCH3 is 1.